The molecule has 2 rings (SSSR count). The van der Waals surface area contributed by atoms with Gasteiger partial charge < -0.3 is 15.3 Å². The number of amides is 2. The molecule has 2 fully saturated rings. The van der Waals surface area contributed by atoms with E-state index >= 15 is 0 Å². The third-order valence-corrected chi connectivity index (χ3v) is 5.33. The summed E-state index contributed by atoms with van der Waals surface area (Å²) in [6, 6.07) is -1.41. The quantitative estimate of drug-likeness (QED) is 0.746. The Morgan fingerprint density at radius 1 is 1.20 bits per heavy atom. The van der Waals surface area contributed by atoms with Crippen LogP contribution in [-0.2, 0) is 14.4 Å². The molecule has 3 unspecified atom stereocenters. The van der Waals surface area contributed by atoms with E-state index < -0.39 is 23.5 Å². The Balaban J connectivity index is 2.11. The van der Waals surface area contributed by atoms with Gasteiger partial charge in [0.1, 0.15) is 12.1 Å². The van der Waals surface area contributed by atoms with E-state index in [4.69, 9.17) is 0 Å². The van der Waals surface area contributed by atoms with Crippen LogP contribution in [0, 0.1) is 5.41 Å². The molecule has 0 bridgehead atoms. The molecule has 7 heteroatoms. The smallest absolute Gasteiger partial charge is 0.326 e. The predicted molar refractivity (Wildman–Crippen MR) is 94.0 cm³/mol. The van der Waals surface area contributed by atoms with E-state index in [2.05, 4.69) is 5.32 Å². The number of aliphatic carboxylic acids is 1. The topological polar surface area (TPSA) is 90.0 Å². The number of likely N-dealkylation sites (N-methyl/N-ethyl adjacent to an activating group) is 1. The van der Waals surface area contributed by atoms with Gasteiger partial charge in [0.05, 0.1) is 6.04 Å². The van der Waals surface area contributed by atoms with Gasteiger partial charge in [-0.15, -0.1) is 0 Å². The maximum absolute atomic E-state index is 13.0. The van der Waals surface area contributed by atoms with Crippen molar-refractivity contribution in [2.75, 3.05) is 13.6 Å². The molecular weight excluding hydrogens is 322 g/mol. The molecule has 0 radical (unpaired) electrons. The van der Waals surface area contributed by atoms with Crippen LogP contribution in [0.4, 0.5) is 0 Å². The average Bonchev–Trinajstić information content (AvgIpc) is 3.24. The largest absolute Gasteiger partial charge is 0.480 e. The first-order chi connectivity index (χ1) is 11.5. The average molecular weight is 353 g/mol. The molecule has 2 N–H and O–H groups in total. The zero-order valence-corrected chi connectivity index (χ0v) is 15.9. The Labute approximate surface area is 149 Å². The summed E-state index contributed by atoms with van der Waals surface area (Å²) < 4.78 is 0. The minimum Gasteiger partial charge on any atom is -0.480 e. The van der Waals surface area contributed by atoms with E-state index in [1.165, 1.54) is 4.90 Å². The van der Waals surface area contributed by atoms with Gasteiger partial charge in [0.15, 0.2) is 0 Å². The summed E-state index contributed by atoms with van der Waals surface area (Å²) in [6.45, 7) is 7.93. The van der Waals surface area contributed by atoms with E-state index in [0.29, 0.717) is 25.4 Å². The fourth-order valence-corrected chi connectivity index (χ4v) is 3.35. The molecule has 7 nitrogen and oxygen atoms in total. The third-order valence-electron chi connectivity index (χ3n) is 5.33. The summed E-state index contributed by atoms with van der Waals surface area (Å²) in [6.07, 6.45) is 3.34. The first-order valence-electron chi connectivity index (χ1n) is 9.09. The van der Waals surface area contributed by atoms with Crippen molar-refractivity contribution in [1.29, 1.82) is 0 Å². The minimum atomic E-state index is -0.980. The lowest BCUT2D eigenvalue weighted by Crippen LogP contribution is -2.59. The Morgan fingerprint density at radius 3 is 2.28 bits per heavy atom. The van der Waals surface area contributed by atoms with Gasteiger partial charge >= 0.3 is 5.97 Å². The van der Waals surface area contributed by atoms with Crippen LogP contribution in [0.25, 0.3) is 0 Å². The van der Waals surface area contributed by atoms with Gasteiger partial charge in [-0.25, -0.2) is 4.79 Å². The van der Waals surface area contributed by atoms with Crippen molar-refractivity contribution in [3.8, 4) is 0 Å². The molecule has 3 atom stereocenters. The van der Waals surface area contributed by atoms with Crippen LogP contribution < -0.4 is 5.32 Å². The first-order valence-corrected chi connectivity index (χ1v) is 9.09. The van der Waals surface area contributed by atoms with Crippen LogP contribution in [0.1, 0.15) is 53.4 Å². The highest BCUT2D eigenvalue weighted by molar-refractivity contribution is 5.92. The van der Waals surface area contributed by atoms with Gasteiger partial charge in [-0.05, 0) is 45.1 Å². The van der Waals surface area contributed by atoms with E-state index in [0.717, 1.165) is 12.8 Å². The summed E-state index contributed by atoms with van der Waals surface area (Å²) in [5, 5.41) is 12.2. The van der Waals surface area contributed by atoms with E-state index in [9.17, 15) is 19.5 Å². The number of nitrogens with one attached hydrogen (secondary N) is 1. The lowest BCUT2D eigenvalue weighted by Gasteiger charge is -2.36. The molecule has 1 heterocycles. The second kappa shape index (κ2) is 7.32. The molecule has 1 saturated heterocycles. The fraction of sp³-hybridized carbons (Fsp3) is 0.833. The summed E-state index contributed by atoms with van der Waals surface area (Å²) in [5.74, 6) is -1.47. The number of rotatable bonds is 6. The van der Waals surface area contributed by atoms with Crippen LogP contribution in [0.3, 0.4) is 0 Å². The molecule has 2 amide bonds. The number of carboxylic acids is 1. The molecule has 0 aromatic rings. The number of carboxylic acid groups (broad SMARTS) is 1. The number of likely N-dealkylation sites (tertiary alicyclic amines) is 1. The van der Waals surface area contributed by atoms with Crippen molar-refractivity contribution in [1.82, 2.24) is 15.1 Å². The minimum absolute atomic E-state index is 0.186. The highest BCUT2D eigenvalue weighted by atomic mass is 16.4. The van der Waals surface area contributed by atoms with Crippen molar-refractivity contribution >= 4 is 17.8 Å². The van der Waals surface area contributed by atoms with Crippen molar-refractivity contribution in [3.05, 3.63) is 0 Å². The molecule has 0 spiro atoms. The van der Waals surface area contributed by atoms with Crippen LogP contribution >= 0.6 is 0 Å². The standard InChI is InChI=1S/C18H31N3O4/c1-11(20(5)12-8-9-12)15(22)19-14(18(2,3)4)16(23)21-10-6-7-13(21)17(24)25/h11-14H,6-10H2,1-5H3,(H,19,22)(H,24,25). The predicted octanol–water partition coefficient (Wildman–Crippen LogP) is 1.08. The van der Waals surface area contributed by atoms with Crippen molar-refractivity contribution < 1.29 is 19.5 Å². The molecule has 1 aliphatic carbocycles. The Bertz CT molecular complexity index is 539. The van der Waals surface area contributed by atoms with Crippen molar-refractivity contribution in [3.63, 3.8) is 0 Å². The monoisotopic (exact) mass is 353 g/mol. The third kappa shape index (κ3) is 4.51. The van der Waals surface area contributed by atoms with Gasteiger partial charge in [-0.1, -0.05) is 20.8 Å². The molecule has 1 saturated carbocycles. The molecule has 0 aromatic carbocycles. The van der Waals surface area contributed by atoms with Crippen molar-refractivity contribution in [2.24, 2.45) is 5.41 Å². The molecule has 0 aromatic heterocycles. The summed E-state index contributed by atoms with van der Waals surface area (Å²) in [5.41, 5.74) is -0.504. The number of hydrogen-bond acceptors (Lipinski definition) is 4. The van der Waals surface area contributed by atoms with E-state index in [1.807, 2.05) is 39.6 Å². The highest BCUT2D eigenvalue weighted by Gasteiger charge is 2.43. The summed E-state index contributed by atoms with van der Waals surface area (Å²) >= 11 is 0. The number of hydrogen-bond donors (Lipinski definition) is 2. The molecule has 1 aliphatic heterocycles. The van der Waals surface area contributed by atoms with Crippen molar-refractivity contribution in [2.45, 2.75) is 77.5 Å². The second-order valence-corrected chi connectivity index (χ2v) is 8.41. The highest BCUT2D eigenvalue weighted by Crippen LogP contribution is 2.28. The van der Waals surface area contributed by atoms with Crippen LogP contribution in [0.2, 0.25) is 0 Å². The maximum Gasteiger partial charge on any atom is 0.326 e. The lowest BCUT2D eigenvalue weighted by atomic mass is 9.85. The normalized spacial score (nSPS) is 23.4. The van der Waals surface area contributed by atoms with E-state index in [1.54, 1.807) is 0 Å². The Morgan fingerprint density at radius 2 is 1.80 bits per heavy atom. The van der Waals surface area contributed by atoms with Gasteiger partial charge in [0.25, 0.3) is 0 Å². The fourth-order valence-electron chi connectivity index (χ4n) is 3.35. The van der Waals surface area contributed by atoms with E-state index in [-0.39, 0.29) is 17.9 Å². The number of nitrogens with zero attached hydrogens (tertiary/aromatic N) is 2. The number of carbonyl (C=O) groups is 3. The number of carbonyl (C=O) groups excluding carboxylic acids is 2. The van der Waals surface area contributed by atoms with Gasteiger partial charge in [-0.2, -0.15) is 0 Å². The second-order valence-electron chi connectivity index (χ2n) is 8.41. The molecule has 25 heavy (non-hydrogen) atoms. The van der Waals surface area contributed by atoms with Gasteiger partial charge in [0.2, 0.25) is 11.8 Å². The first kappa shape index (κ1) is 19.7. The molecule has 2 aliphatic rings. The summed E-state index contributed by atoms with van der Waals surface area (Å²) in [7, 11) is 1.93. The SMILES string of the molecule is CC(C(=O)NC(C(=O)N1CCCC1C(=O)O)C(C)(C)C)N(C)C1CC1. The lowest BCUT2D eigenvalue weighted by molar-refractivity contribution is -0.151. The maximum atomic E-state index is 13.0. The molecular formula is C18H31N3O4. The van der Waals surface area contributed by atoms with Gasteiger partial charge in [0, 0.05) is 12.6 Å². The zero-order chi connectivity index (χ0) is 18.9. The van der Waals surface area contributed by atoms with Crippen LogP contribution in [-0.4, -0.2) is 70.4 Å². The zero-order valence-electron chi connectivity index (χ0n) is 15.9. The van der Waals surface area contributed by atoms with Gasteiger partial charge in [-0.3, -0.25) is 14.5 Å². The Kier molecular flexibility index (Phi) is 5.76. The van der Waals surface area contributed by atoms with Crippen LogP contribution in [0.5, 0.6) is 0 Å². The Hall–Kier alpha value is -1.63. The summed E-state index contributed by atoms with van der Waals surface area (Å²) in [4.78, 5) is 40.5. The van der Waals surface area contributed by atoms with Crippen LogP contribution in [0.15, 0.2) is 0 Å². The molecule has 142 valence electrons.